The molecule has 0 spiro atoms. The summed E-state index contributed by atoms with van der Waals surface area (Å²) < 4.78 is 0. The Bertz CT molecular complexity index is 1030. The van der Waals surface area contributed by atoms with E-state index in [1.54, 1.807) is 15.9 Å². The molecule has 0 fully saturated rings. The normalized spacial score (nSPS) is 13.6. The van der Waals surface area contributed by atoms with Crippen molar-refractivity contribution < 1.29 is 0 Å². The molecule has 138 valence electrons. The Morgan fingerprint density at radius 2 is 1.33 bits per heavy atom. The van der Waals surface area contributed by atoms with Crippen LogP contribution in [-0.2, 0) is 12.8 Å². The van der Waals surface area contributed by atoms with Crippen molar-refractivity contribution in [1.82, 2.24) is 0 Å². The second kappa shape index (κ2) is 7.31. The fourth-order valence-corrected chi connectivity index (χ4v) is 7.58. The van der Waals surface area contributed by atoms with Gasteiger partial charge in [-0.05, 0) is 46.2 Å². The molecule has 0 aliphatic heterocycles. The average Bonchev–Trinajstić information content (AvgIpc) is 3.23. The Morgan fingerprint density at radius 1 is 0.667 bits per heavy atom. The summed E-state index contributed by atoms with van der Waals surface area (Å²) in [5.41, 5.74) is 8.89. The quantitative estimate of drug-likeness (QED) is 0.345. The van der Waals surface area contributed by atoms with Crippen LogP contribution in [0, 0.1) is 0 Å². The van der Waals surface area contributed by atoms with Gasteiger partial charge in [0.25, 0.3) is 0 Å². The van der Waals surface area contributed by atoms with Gasteiger partial charge in [0.05, 0.1) is 0 Å². The molecule has 0 saturated carbocycles. The highest BCUT2D eigenvalue weighted by Crippen LogP contribution is 2.38. The van der Waals surface area contributed by atoms with E-state index in [2.05, 4.69) is 85.9 Å². The van der Waals surface area contributed by atoms with Crippen LogP contribution in [0.2, 0.25) is 13.1 Å². The summed E-state index contributed by atoms with van der Waals surface area (Å²) in [6.07, 6.45) is 4.70. The summed E-state index contributed by atoms with van der Waals surface area (Å²) in [4.78, 5) is 0. The molecular weight excluding hydrogens is 387 g/mol. The molecule has 0 aromatic heterocycles. The van der Waals surface area contributed by atoms with Gasteiger partial charge >= 0.3 is 0 Å². The second-order valence-electron chi connectivity index (χ2n) is 7.84. The first-order valence-electron chi connectivity index (χ1n) is 9.14. The smallest absolute Gasteiger partial charge is 0.108 e. The molecular formula is C24H24Cl2Si. The maximum atomic E-state index is 2.53. The van der Waals surface area contributed by atoms with Gasteiger partial charge in [0.1, 0.15) is 8.07 Å². The topological polar surface area (TPSA) is 0 Å². The van der Waals surface area contributed by atoms with Crippen LogP contribution in [0.1, 0.15) is 22.3 Å². The molecule has 0 atom stereocenters. The minimum absolute atomic E-state index is 0. The van der Waals surface area contributed by atoms with Crippen molar-refractivity contribution in [3.05, 3.63) is 94.2 Å². The van der Waals surface area contributed by atoms with Crippen LogP contribution in [0.4, 0.5) is 0 Å². The fraction of sp³-hybridized carbons (Fsp3) is 0.167. The molecule has 0 heterocycles. The van der Waals surface area contributed by atoms with Crippen molar-refractivity contribution in [2.24, 2.45) is 0 Å². The second-order valence-corrected chi connectivity index (χ2v) is 12.3. The van der Waals surface area contributed by atoms with Gasteiger partial charge in [-0.1, -0.05) is 96.3 Å². The SMILES string of the molecule is C[Si](C)(C1=Cc2ccccc2C1)c1cccc2c1Cc1ccccc1-2.Cl.Cl. The summed E-state index contributed by atoms with van der Waals surface area (Å²) in [5, 5.41) is 3.29. The Hall–Kier alpha value is -1.80. The van der Waals surface area contributed by atoms with Crippen LogP contribution >= 0.6 is 24.8 Å². The summed E-state index contributed by atoms with van der Waals surface area (Å²) in [6.45, 7) is 5.06. The van der Waals surface area contributed by atoms with Crippen LogP contribution in [-0.4, -0.2) is 8.07 Å². The molecule has 3 aromatic rings. The highest BCUT2D eigenvalue weighted by Gasteiger charge is 2.35. The Balaban J connectivity index is 0.00000105. The van der Waals surface area contributed by atoms with E-state index in [1.807, 2.05) is 0 Å². The third-order valence-corrected chi connectivity index (χ3v) is 9.83. The highest BCUT2D eigenvalue weighted by molar-refractivity contribution is 6.96. The third kappa shape index (κ3) is 3.08. The molecule has 0 unspecified atom stereocenters. The van der Waals surface area contributed by atoms with Crippen LogP contribution in [0.15, 0.2) is 71.9 Å². The van der Waals surface area contributed by atoms with Crippen molar-refractivity contribution in [2.75, 3.05) is 0 Å². The Labute approximate surface area is 175 Å². The fourth-order valence-electron chi connectivity index (χ4n) is 4.60. The van der Waals surface area contributed by atoms with E-state index < -0.39 is 8.07 Å². The molecule has 0 radical (unpaired) electrons. The number of allylic oxidation sites excluding steroid dienone is 1. The van der Waals surface area contributed by atoms with Gasteiger partial charge in [-0.25, -0.2) is 0 Å². The van der Waals surface area contributed by atoms with Crippen molar-refractivity contribution in [2.45, 2.75) is 25.9 Å². The lowest BCUT2D eigenvalue weighted by atomic mass is 10.1. The first kappa shape index (κ1) is 19.9. The summed E-state index contributed by atoms with van der Waals surface area (Å²) in [7, 11) is -1.68. The summed E-state index contributed by atoms with van der Waals surface area (Å²) >= 11 is 0. The first-order valence-corrected chi connectivity index (χ1v) is 12.1. The third-order valence-electron chi connectivity index (χ3n) is 6.09. The lowest BCUT2D eigenvalue weighted by Crippen LogP contribution is -2.45. The van der Waals surface area contributed by atoms with Gasteiger partial charge in [-0.15, -0.1) is 24.8 Å². The van der Waals surface area contributed by atoms with Crippen LogP contribution in [0.5, 0.6) is 0 Å². The molecule has 0 amide bonds. The zero-order chi connectivity index (χ0) is 17.0. The predicted octanol–water partition coefficient (Wildman–Crippen LogP) is 6.20. The molecule has 0 saturated heterocycles. The Kier molecular flexibility index (Phi) is 5.40. The van der Waals surface area contributed by atoms with E-state index in [9.17, 15) is 0 Å². The van der Waals surface area contributed by atoms with Gasteiger partial charge in [0.15, 0.2) is 0 Å². The maximum absolute atomic E-state index is 2.53. The lowest BCUT2D eigenvalue weighted by molar-refractivity contribution is 1.25. The van der Waals surface area contributed by atoms with Gasteiger partial charge in [0, 0.05) is 0 Å². The van der Waals surface area contributed by atoms with Crippen molar-refractivity contribution in [3.63, 3.8) is 0 Å². The van der Waals surface area contributed by atoms with Gasteiger partial charge in [0.2, 0.25) is 0 Å². The largest absolute Gasteiger partial charge is 0.147 e. The highest BCUT2D eigenvalue weighted by atomic mass is 35.5. The average molecular weight is 411 g/mol. The van der Waals surface area contributed by atoms with Crippen molar-refractivity contribution >= 4 is 44.2 Å². The first-order chi connectivity index (χ1) is 12.1. The standard InChI is InChI=1S/C24H22Si.2ClH/c1-25(2,20-14-17-8-3-4-9-18(17)15-20)24-13-7-12-22-21-11-6-5-10-19(21)16-23(22)24;;/h3-14H,15-16H2,1-2H3;2*1H. The number of rotatable bonds is 2. The molecule has 2 aliphatic carbocycles. The molecule has 2 aliphatic rings. The molecule has 0 bridgehead atoms. The van der Waals surface area contributed by atoms with Gasteiger partial charge < -0.3 is 0 Å². The van der Waals surface area contributed by atoms with Crippen LogP contribution in [0.3, 0.4) is 0 Å². The lowest BCUT2D eigenvalue weighted by Gasteiger charge is -2.27. The van der Waals surface area contributed by atoms with Crippen LogP contribution in [0.25, 0.3) is 17.2 Å². The van der Waals surface area contributed by atoms with Crippen molar-refractivity contribution in [1.29, 1.82) is 0 Å². The van der Waals surface area contributed by atoms with Crippen molar-refractivity contribution in [3.8, 4) is 11.1 Å². The number of fused-ring (bicyclic) bond motifs is 4. The molecule has 3 heteroatoms. The minimum Gasteiger partial charge on any atom is -0.147 e. The number of hydrogen-bond donors (Lipinski definition) is 0. The van der Waals surface area contributed by atoms with Gasteiger partial charge in [-0.3, -0.25) is 0 Å². The van der Waals surface area contributed by atoms with E-state index in [0.29, 0.717) is 0 Å². The number of halogens is 2. The molecule has 3 aromatic carbocycles. The summed E-state index contributed by atoms with van der Waals surface area (Å²) in [5.74, 6) is 0. The monoisotopic (exact) mass is 410 g/mol. The van der Waals surface area contributed by atoms with Crippen LogP contribution < -0.4 is 5.19 Å². The van der Waals surface area contributed by atoms with E-state index in [0.717, 1.165) is 12.8 Å². The minimum atomic E-state index is -1.68. The maximum Gasteiger partial charge on any atom is 0.108 e. The van der Waals surface area contributed by atoms with E-state index >= 15 is 0 Å². The Morgan fingerprint density at radius 3 is 2.11 bits per heavy atom. The predicted molar refractivity (Wildman–Crippen MR) is 124 cm³/mol. The molecule has 27 heavy (non-hydrogen) atoms. The van der Waals surface area contributed by atoms with E-state index in [-0.39, 0.29) is 24.8 Å². The molecule has 5 rings (SSSR count). The molecule has 0 N–H and O–H groups in total. The van der Waals surface area contributed by atoms with E-state index in [4.69, 9.17) is 0 Å². The van der Waals surface area contributed by atoms with E-state index in [1.165, 1.54) is 27.8 Å². The zero-order valence-electron chi connectivity index (χ0n) is 15.7. The number of benzene rings is 3. The summed E-state index contributed by atoms with van der Waals surface area (Å²) in [6, 6.07) is 24.8. The molecule has 0 nitrogen and oxygen atoms in total. The number of hydrogen-bond acceptors (Lipinski definition) is 0. The zero-order valence-corrected chi connectivity index (χ0v) is 18.3. The van der Waals surface area contributed by atoms with Gasteiger partial charge in [-0.2, -0.15) is 0 Å².